The lowest BCUT2D eigenvalue weighted by Gasteiger charge is -2.44. The fraction of sp³-hybridized carbons (Fsp3) is 0.417. The molecule has 1 fully saturated rings. The second-order valence-electron chi connectivity index (χ2n) is 4.31. The van der Waals surface area contributed by atoms with E-state index in [-0.39, 0.29) is 6.04 Å². The van der Waals surface area contributed by atoms with Crippen molar-refractivity contribution in [3.63, 3.8) is 0 Å². The molecule has 17 heavy (non-hydrogen) atoms. The summed E-state index contributed by atoms with van der Waals surface area (Å²) < 4.78 is 5.58. The van der Waals surface area contributed by atoms with E-state index >= 15 is 0 Å². The molecule has 5 nitrogen and oxygen atoms in total. The smallest absolute Gasteiger partial charge is 0.347 e. The quantitative estimate of drug-likeness (QED) is 0.732. The first-order valence-electron chi connectivity index (χ1n) is 5.73. The van der Waals surface area contributed by atoms with Gasteiger partial charge in [0, 0.05) is 19.6 Å². The number of anilines is 1. The Morgan fingerprint density at radius 3 is 3.12 bits per heavy atom. The molecule has 90 valence electrons. The molecule has 0 radical (unpaired) electrons. The van der Waals surface area contributed by atoms with E-state index in [1.807, 2.05) is 24.3 Å². The number of piperazine rings is 1. The van der Waals surface area contributed by atoms with Crippen molar-refractivity contribution in [2.75, 3.05) is 24.5 Å². The molecule has 2 atom stereocenters. The van der Waals surface area contributed by atoms with Crippen molar-refractivity contribution in [2.24, 2.45) is 0 Å². The van der Waals surface area contributed by atoms with E-state index in [1.54, 1.807) is 0 Å². The molecule has 3 rings (SSSR count). The van der Waals surface area contributed by atoms with Crippen LogP contribution >= 0.6 is 0 Å². The topological polar surface area (TPSA) is 61.8 Å². The van der Waals surface area contributed by atoms with E-state index in [0.29, 0.717) is 12.3 Å². The molecule has 1 aromatic carbocycles. The van der Waals surface area contributed by atoms with Gasteiger partial charge in [0.2, 0.25) is 6.10 Å². The maximum absolute atomic E-state index is 11.2. The zero-order valence-corrected chi connectivity index (χ0v) is 9.30. The van der Waals surface area contributed by atoms with Crippen LogP contribution in [0, 0.1) is 0 Å². The van der Waals surface area contributed by atoms with Crippen LogP contribution in [0.3, 0.4) is 0 Å². The molecule has 5 heteroatoms. The zero-order valence-electron chi connectivity index (χ0n) is 9.30. The van der Waals surface area contributed by atoms with Crippen molar-refractivity contribution < 1.29 is 14.6 Å². The van der Waals surface area contributed by atoms with Crippen LogP contribution < -0.4 is 15.0 Å². The van der Waals surface area contributed by atoms with Gasteiger partial charge in [0.1, 0.15) is 5.75 Å². The zero-order chi connectivity index (χ0) is 11.8. The van der Waals surface area contributed by atoms with Crippen molar-refractivity contribution in [3.05, 3.63) is 24.3 Å². The first kappa shape index (κ1) is 10.4. The standard InChI is InChI=1S/C12H14N2O3/c15-12(16)11-9-7-13-5-6-14(9)8-3-1-2-4-10(8)17-11/h1-4,9,11,13H,5-7H2,(H,15,16). The maximum Gasteiger partial charge on any atom is 0.347 e. The highest BCUT2D eigenvalue weighted by atomic mass is 16.5. The summed E-state index contributed by atoms with van der Waals surface area (Å²) in [5.74, 6) is -0.240. The molecular formula is C12H14N2O3. The number of para-hydroxylation sites is 2. The van der Waals surface area contributed by atoms with Crippen LogP contribution in [0.4, 0.5) is 5.69 Å². The van der Waals surface area contributed by atoms with Crippen molar-refractivity contribution >= 4 is 11.7 Å². The predicted octanol–water partition coefficient (Wildman–Crippen LogP) is 0.310. The van der Waals surface area contributed by atoms with Gasteiger partial charge in [-0.15, -0.1) is 0 Å². The lowest BCUT2D eigenvalue weighted by molar-refractivity contribution is -0.146. The molecule has 1 aromatic rings. The summed E-state index contributed by atoms with van der Waals surface area (Å²) >= 11 is 0. The highest BCUT2D eigenvalue weighted by Crippen LogP contribution is 2.36. The molecule has 2 aliphatic heterocycles. The van der Waals surface area contributed by atoms with Gasteiger partial charge in [-0.05, 0) is 12.1 Å². The summed E-state index contributed by atoms with van der Waals surface area (Å²) in [4.78, 5) is 13.4. The van der Waals surface area contributed by atoms with Gasteiger partial charge in [-0.3, -0.25) is 0 Å². The van der Waals surface area contributed by atoms with Gasteiger partial charge in [0.05, 0.1) is 11.7 Å². The van der Waals surface area contributed by atoms with Crippen LogP contribution in [0.15, 0.2) is 24.3 Å². The number of carboxylic acids is 1. The molecule has 2 heterocycles. The Kier molecular flexibility index (Phi) is 2.40. The molecule has 0 aromatic heterocycles. The Hall–Kier alpha value is -1.75. The monoisotopic (exact) mass is 234 g/mol. The van der Waals surface area contributed by atoms with E-state index < -0.39 is 12.1 Å². The van der Waals surface area contributed by atoms with E-state index in [2.05, 4.69) is 10.2 Å². The number of nitrogens with zero attached hydrogens (tertiary/aromatic N) is 1. The average molecular weight is 234 g/mol. The maximum atomic E-state index is 11.2. The summed E-state index contributed by atoms with van der Waals surface area (Å²) in [5.41, 5.74) is 0.997. The van der Waals surface area contributed by atoms with Crippen LogP contribution in [0.1, 0.15) is 0 Å². The van der Waals surface area contributed by atoms with E-state index in [1.165, 1.54) is 0 Å². The summed E-state index contributed by atoms with van der Waals surface area (Å²) in [6.07, 6.45) is -0.794. The summed E-state index contributed by atoms with van der Waals surface area (Å²) in [6.45, 7) is 2.33. The van der Waals surface area contributed by atoms with Crippen LogP contribution in [0.2, 0.25) is 0 Å². The number of aliphatic carboxylic acids is 1. The molecule has 0 saturated carbocycles. The number of hydrogen-bond donors (Lipinski definition) is 2. The van der Waals surface area contributed by atoms with Gasteiger partial charge >= 0.3 is 5.97 Å². The fourth-order valence-corrected chi connectivity index (χ4v) is 2.52. The van der Waals surface area contributed by atoms with Crippen LogP contribution in [0.25, 0.3) is 0 Å². The van der Waals surface area contributed by atoms with Gasteiger partial charge in [-0.1, -0.05) is 12.1 Å². The number of benzene rings is 1. The molecule has 2 aliphatic rings. The van der Waals surface area contributed by atoms with Gasteiger partial charge in [0.15, 0.2) is 0 Å². The van der Waals surface area contributed by atoms with Crippen molar-refractivity contribution in [1.29, 1.82) is 0 Å². The third kappa shape index (κ3) is 1.63. The van der Waals surface area contributed by atoms with Gasteiger partial charge < -0.3 is 20.1 Å². The minimum absolute atomic E-state index is 0.129. The van der Waals surface area contributed by atoms with Gasteiger partial charge in [-0.2, -0.15) is 0 Å². The lowest BCUT2D eigenvalue weighted by Crippen LogP contribution is -2.62. The molecule has 2 N–H and O–H groups in total. The number of hydrogen-bond acceptors (Lipinski definition) is 4. The number of ether oxygens (including phenoxy) is 1. The van der Waals surface area contributed by atoms with Crippen LogP contribution in [-0.2, 0) is 4.79 Å². The molecule has 0 aliphatic carbocycles. The van der Waals surface area contributed by atoms with Crippen LogP contribution in [-0.4, -0.2) is 42.9 Å². The first-order valence-corrected chi connectivity index (χ1v) is 5.73. The Bertz CT molecular complexity index is 449. The highest BCUT2D eigenvalue weighted by molar-refractivity contribution is 5.77. The second kappa shape index (κ2) is 3.92. The minimum Gasteiger partial charge on any atom is -0.478 e. The predicted molar refractivity (Wildman–Crippen MR) is 62.5 cm³/mol. The summed E-state index contributed by atoms with van der Waals surface area (Å²) in [5, 5.41) is 12.4. The van der Waals surface area contributed by atoms with Crippen LogP contribution in [0.5, 0.6) is 5.75 Å². The van der Waals surface area contributed by atoms with Crippen molar-refractivity contribution in [3.8, 4) is 5.75 Å². The van der Waals surface area contributed by atoms with E-state index in [9.17, 15) is 9.90 Å². The first-order chi connectivity index (χ1) is 8.27. The Labute approximate surface area is 99.0 Å². The number of rotatable bonds is 1. The Balaban J connectivity index is 2.03. The second-order valence-corrected chi connectivity index (χ2v) is 4.31. The third-order valence-corrected chi connectivity index (χ3v) is 3.30. The van der Waals surface area contributed by atoms with Crippen molar-refractivity contribution in [2.45, 2.75) is 12.1 Å². The normalized spacial score (nSPS) is 26.7. The fourth-order valence-electron chi connectivity index (χ4n) is 2.52. The third-order valence-electron chi connectivity index (χ3n) is 3.30. The van der Waals surface area contributed by atoms with E-state index in [0.717, 1.165) is 18.8 Å². The van der Waals surface area contributed by atoms with E-state index in [4.69, 9.17) is 4.74 Å². The minimum atomic E-state index is -0.904. The molecule has 2 unspecified atom stereocenters. The highest BCUT2D eigenvalue weighted by Gasteiger charge is 2.41. The number of fused-ring (bicyclic) bond motifs is 3. The number of carbonyl (C=O) groups is 1. The molecular weight excluding hydrogens is 220 g/mol. The molecule has 1 saturated heterocycles. The summed E-state index contributed by atoms with van der Waals surface area (Å²) in [6, 6.07) is 7.48. The average Bonchev–Trinajstić information content (AvgIpc) is 2.37. The largest absolute Gasteiger partial charge is 0.478 e. The SMILES string of the molecule is O=C(O)C1Oc2ccccc2N2CCNCC12. The Morgan fingerprint density at radius 1 is 1.47 bits per heavy atom. The molecule has 0 spiro atoms. The molecule has 0 bridgehead atoms. The molecule has 0 amide bonds. The number of nitrogens with one attached hydrogen (secondary N) is 1. The van der Waals surface area contributed by atoms with Crippen molar-refractivity contribution in [1.82, 2.24) is 5.32 Å². The summed E-state index contributed by atoms with van der Waals surface area (Å²) in [7, 11) is 0. The van der Waals surface area contributed by atoms with Gasteiger partial charge in [-0.25, -0.2) is 4.79 Å². The number of carboxylic acid groups (broad SMARTS) is 1. The van der Waals surface area contributed by atoms with Gasteiger partial charge in [0.25, 0.3) is 0 Å². The lowest BCUT2D eigenvalue weighted by atomic mass is 10.0. The Morgan fingerprint density at radius 2 is 2.29 bits per heavy atom.